The molecule has 0 atom stereocenters. The number of rotatable bonds is 2. The maximum Gasteiger partial charge on any atom is 0.260 e. The van der Waals surface area contributed by atoms with Gasteiger partial charge < -0.3 is 14.9 Å². The first-order chi connectivity index (χ1) is 8.50. The summed E-state index contributed by atoms with van der Waals surface area (Å²) in [5.74, 6) is -0.717. The van der Waals surface area contributed by atoms with Crippen molar-refractivity contribution in [3.63, 3.8) is 0 Å². The number of benzene rings is 1. The zero-order valence-electron chi connectivity index (χ0n) is 9.20. The van der Waals surface area contributed by atoms with Crippen molar-refractivity contribution >= 4 is 34.8 Å². The van der Waals surface area contributed by atoms with Crippen LogP contribution in [0, 0.1) is 6.92 Å². The van der Waals surface area contributed by atoms with E-state index in [-0.39, 0.29) is 22.0 Å². The number of hydrogen-bond donors (Lipinski definition) is 2. The summed E-state index contributed by atoms with van der Waals surface area (Å²) in [6.45, 7) is 1.66. The lowest BCUT2D eigenvalue weighted by molar-refractivity contribution is 0.102. The molecule has 18 heavy (non-hydrogen) atoms. The monoisotopic (exact) mass is 286 g/mol. The van der Waals surface area contributed by atoms with Crippen LogP contribution in [0.1, 0.15) is 15.9 Å². The Balaban J connectivity index is 2.33. The third-order valence-corrected chi connectivity index (χ3v) is 3.22. The molecule has 2 rings (SSSR count). The molecule has 5 nitrogen and oxygen atoms in total. The molecule has 1 heterocycles. The first-order valence-electron chi connectivity index (χ1n) is 4.89. The van der Waals surface area contributed by atoms with Crippen LogP contribution in [0.2, 0.25) is 10.0 Å². The van der Waals surface area contributed by atoms with Gasteiger partial charge in [-0.3, -0.25) is 4.79 Å². The van der Waals surface area contributed by atoms with Gasteiger partial charge in [-0.25, -0.2) is 0 Å². The summed E-state index contributed by atoms with van der Waals surface area (Å²) in [5.41, 5.74) is 0.892. The molecule has 2 aromatic rings. The Bertz CT molecular complexity index is 597. The zero-order valence-corrected chi connectivity index (χ0v) is 10.7. The normalized spacial score (nSPS) is 10.4. The van der Waals surface area contributed by atoms with Gasteiger partial charge in [0.25, 0.3) is 5.91 Å². The van der Waals surface area contributed by atoms with Gasteiger partial charge in [0, 0.05) is 5.02 Å². The fraction of sp³-hybridized carbons (Fsp3) is 0.0909. The Morgan fingerprint density at radius 1 is 1.50 bits per heavy atom. The summed E-state index contributed by atoms with van der Waals surface area (Å²) in [7, 11) is 0. The third-order valence-electron chi connectivity index (χ3n) is 2.36. The molecule has 0 aliphatic carbocycles. The molecular formula is C11H8Cl2N2O3. The van der Waals surface area contributed by atoms with Gasteiger partial charge in [-0.1, -0.05) is 28.4 Å². The first-order valence-corrected chi connectivity index (χ1v) is 5.64. The molecule has 1 aromatic heterocycles. The minimum absolute atomic E-state index is 0.100. The average Bonchev–Trinajstić information content (AvgIpc) is 2.87. The lowest BCUT2D eigenvalue weighted by Gasteiger charge is -2.10. The highest BCUT2D eigenvalue weighted by Gasteiger charge is 2.16. The van der Waals surface area contributed by atoms with Crippen LogP contribution < -0.4 is 5.32 Å². The summed E-state index contributed by atoms with van der Waals surface area (Å²) in [6, 6.07) is 1.42. The second-order valence-corrected chi connectivity index (χ2v) is 4.35. The maximum atomic E-state index is 11.7. The number of amides is 1. The van der Waals surface area contributed by atoms with Crippen molar-refractivity contribution in [3.8, 4) is 5.75 Å². The van der Waals surface area contributed by atoms with E-state index in [1.54, 1.807) is 6.92 Å². The Kier molecular flexibility index (Phi) is 3.45. The minimum Gasteiger partial charge on any atom is -0.504 e. The lowest BCUT2D eigenvalue weighted by Crippen LogP contribution is -2.11. The van der Waals surface area contributed by atoms with Crippen molar-refractivity contribution in [2.24, 2.45) is 0 Å². The van der Waals surface area contributed by atoms with E-state index in [1.165, 1.54) is 18.5 Å². The number of phenols is 1. The molecule has 0 aliphatic rings. The van der Waals surface area contributed by atoms with Crippen LogP contribution in [0.3, 0.4) is 0 Å². The van der Waals surface area contributed by atoms with Gasteiger partial charge in [0.2, 0.25) is 0 Å². The topological polar surface area (TPSA) is 75.4 Å². The molecule has 0 saturated heterocycles. The number of halogens is 2. The second-order valence-electron chi connectivity index (χ2n) is 3.56. The Morgan fingerprint density at radius 3 is 2.83 bits per heavy atom. The highest BCUT2D eigenvalue weighted by molar-refractivity contribution is 6.37. The standard InChI is InChI=1S/C11H8Cl2N2O3/c1-5-7(12)2-8(10(16)9(5)13)15-11(17)6-3-14-18-4-6/h2-4,16H,1H3,(H,15,17). The van der Waals surface area contributed by atoms with E-state index < -0.39 is 5.91 Å². The smallest absolute Gasteiger partial charge is 0.260 e. The third kappa shape index (κ3) is 2.27. The molecule has 0 aliphatic heterocycles. The van der Waals surface area contributed by atoms with E-state index in [0.717, 1.165) is 0 Å². The summed E-state index contributed by atoms with van der Waals surface area (Å²) in [4.78, 5) is 11.7. The number of phenolic OH excluding ortho intramolecular Hbond substituents is 1. The van der Waals surface area contributed by atoms with E-state index in [9.17, 15) is 9.90 Å². The first kappa shape index (κ1) is 12.7. The number of carbonyl (C=O) groups is 1. The molecule has 0 unspecified atom stereocenters. The minimum atomic E-state index is -0.484. The summed E-state index contributed by atoms with van der Waals surface area (Å²) < 4.78 is 4.54. The van der Waals surface area contributed by atoms with Gasteiger partial charge in [0.1, 0.15) is 6.26 Å². The van der Waals surface area contributed by atoms with Crippen LogP contribution in [-0.2, 0) is 0 Å². The van der Waals surface area contributed by atoms with Crippen LogP contribution in [0.4, 0.5) is 5.69 Å². The van der Waals surface area contributed by atoms with Gasteiger partial charge in [0.05, 0.1) is 22.5 Å². The molecular weight excluding hydrogens is 279 g/mol. The van der Waals surface area contributed by atoms with Crippen molar-refractivity contribution in [3.05, 3.63) is 39.7 Å². The SMILES string of the molecule is Cc1c(Cl)cc(NC(=O)c2cnoc2)c(O)c1Cl. The van der Waals surface area contributed by atoms with Crippen molar-refractivity contribution in [2.75, 3.05) is 5.32 Å². The fourth-order valence-corrected chi connectivity index (χ4v) is 1.77. The molecule has 2 N–H and O–H groups in total. The number of nitrogens with zero attached hydrogens (tertiary/aromatic N) is 1. The molecule has 94 valence electrons. The van der Waals surface area contributed by atoms with Crippen molar-refractivity contribution in [1.29, 1.82) is 0 Å². The molecule has 0 radical (unpaired) electrons. The highest BCUT2D eigenvalue weighted by atomic mass is 35.5. The highest BCUT2D eigenvalue weighted by Crippen LogP contribution is 2.38. The van der Waals surface area contributed by atoms with E-state index >= 15 is 0 Å². The largest absolute Gasteiger partial charge is 0.504 e. The van der Waals surface area contributed by atoms with Crippen LogP contribution in [0.15, 0.2) is 23.0 Å². The van der Waals surface area contributed by atoms with Gasteiger partial charge in [0.15, 0.2) is 5.75 Å². The van der Waals surface area contributed by atoms with Crippen molar-refractivity contribution in [2.45, 2.75) is 6.92 Å². The summed E-state index contributed by atoms with van der Waals surface area (Å²) in [5, 5.41) is 16.1. The zero-order chi connectivity index (χ0) is 13.3. The van der Waals surface area contributed by atoms with Gasteiger partial charge in [-0.05, 0) is 18.6 Å². The number of hydrogen-bond acceptors (Lipinski definition) is 4. The average molecular weight is 287 g/mol. The second kappa shape index (κ2) is 4.88. The predicted octanol–water partition coefficient (Wildman–Crippen LogP) is 3.25. The van der Waals surface area contributed by atoms with Crippen molar-refractivity contribution in [1.82, 2.24) is 5.16 Å². The number of aromatic hydroxyl groups is 1. The molecule has 1 amide bonds. The molecule has 0 saturated carbocycles. The molecule has 0 bridgehead atoms. The van der Waals surface area contributed by atoms with Crippen LogP contribution in [-0.4, -0.2) is 16.2 Å². The maximum absolute atomic E-state index is 11.7. The lowest BCUT2D eigenvalue weighted by atomic mass is 10.2. The van der Waals surface area contributed by atoms with E-state index in [0.29, 0.717) is 10.6 Å². The van der Waals surface area contributed by atoms with E-state index in [2.05, 4.69) is 15.0 Å². The van der Waals surface area contributed by atoms with Gasteiger partial charge in [-0.15, -0.1) is 0 Å². The van der Waals surface area contributed by atoms with Gasteiger partial charge >= 0.3 is 0 Å². The van der Waals surface area contributed by atoms with Crippen LogP contribution in [0.25, 0.3) is 0 Å². The molecule has 7 heteroatoms. The number of aromatic nitrogens is 1. The Labute approximate surface area is 112 Å². The van der Waals surface area contributed by atoms with E-state index in [1.807, 2.05) is 0 Å². The number of nitrogens with one attached hydrogen (secondary N) is 1. The van der Waals surface area contributed by atoms with Crippen LogP contribution in [0.5, 0.6) is 5.75 Å². The summed E-state index contributed by atoms with van der Waals surface area (Å²) >= 11 is 11.8. The molecule has 1 aromatic carbocycles. The number of carbonyl (C=O) groups excluding carboxylic acids is 1. The Morgan fingerprint density at radius 2 is 2.22 bits per heavy atom. The van der Waals surface area contributed by atoms with E-state index in [4.69, 9.17) is 23.2 Å². The van der Waals surface area contributed by atoms with Gasteiger partial charge in [-0.2, -0.15) is 0 Å². The van der Waals surface area contributed by atoms with Crippen molar-refractivity contribution < 1.29 is 14.4 Å². The fourth-order valence-electron chi connectivity index (χ4n) is 1.31. The Hall–Kier alpha value is -1.72. The predicted molar refractivity (Wildman–Crippen MR) is 67.3 cm³/mol. The molecule has 0 spiro atoms. The van der Waals surface area contributed by atoms with Crippen LogP contribution >= 0.6 is 23.2 Å². The molecule has 0 fully saturated rings. The summed E-state index contributed by atoms with van der Waals surface area (Å²) in [6.07, 6.45) is 2.44. The number of anilines is 1. The quantitative estimate of drug-likeness (QED) is 0.831.